The SMILES string of the molecule is O=C(O)C(CC1CC1)NC(=O)C1CC1c1cc(Cl)cc(Cl)c1. The first-order valence-corrected chi connectivity index (χ1v) is 8.19. The van der Waals surface area contributed by atoms with E-state index in [1.165, 1.54) is 0 Å². The van der Waals surface area contributed by atoms with Crippen molar-refractivity contribution < 1.29 is 14.7 Å². The maximum Gasteiger partial charge on any atom is 0.326 e. The molecule has 2 aliphatic rings. The molecule has 1 aromatic rings. The highest BCUT2D eigenvalue weighted by Crippen LogP contribution is 2.48. The molecule has 0 bridgehead atoms. The molecule has 0 saturated heterocycles. The van der Waals surface area contributed by atoms with Gasteiger partial charge in [0.1, 0.15) is 6.04 Å². The first-order chi connectivity index (χ1) is 10.4. The Balaban J connectivity index is 1.60. The van der Waals surface area contributed by atoms with Crippen LogP contribution in [0.4, 0.5) is 0 Å². The highest BCUT2D eigenvalue weighted by atomic mass is 35.5. The van der Waals surface area contributed by atoms with Gasteiger partial charge in [0.2, 0.25) is 5.91 Å². The Hall–Kier alpha value is -1.26. The molecule has 118 valence electrons. The van der Waals surface area contributed by atoms with Crippen molar-refractivity contribution in [2.75, 3.05) is 0 Å². The van der Waals surface area contributed by atoms with Crippen LogP contribution >= 0.6 is 23.2 Å². The maximum atomic E-state index is 12.2. The first kappa shape index (κ1) is 15.6. The number of carboxylic acids is 1. The second-order valence-electron chi connectivity index (χ2n) is 6.23. The van der Waals surface area contributed by atoms with Gasteiger partial charge < -0.3 is 10.4 Å². The van der Waals surface area contributed by atoms with Gasteiger partial charge in [0.05, 0.1) is 0 Å². The van der Waals surface area contributed by atoms with Gasteiger partial charge in [-0.2, -0.15) is 0 Å². The number of hydrogen-bond donors (Lipinski definition) is 2. The number of amides is 1. The normalized spacial score (nSPS) is 24.6. The minimum Gasteiger partial charge on any atom is -0.480 e. The molecule has 3 unspecified atom stereocenters. The zero-order valence-electron chi connectivity index (χ0n) is 11.9. The molecule has 3 rings (SSSR count). The Morgan fingerprint density at radius 3 is 2.41 bits per heavy atom. The van der Waals surface area contributed by atoms with E-state index < -0.39 is 12.0 Å². The van der Waals surface area contributed by atoms with Crippen LogP contribution in [0.15, 0.2) is 18.2 Å². The maximum absolute atomic E-state index is 12.2. The van der Waals surface area contributed by atoms with Crippen LogP contribution in [-0.4, -0.2) is 23.0 Å². The molecule has 2 saturated carbocycles. The lowest BCUT2D eigenvalue weighted by Crippen LogP contribution is -2.42. The summed E-state index contributed by atoms with van der Waals surface area (Å²) in [6.07, 6.45) is 3.36. The van der Waals surface area contributed by atoms with Crippen LogP contribution in [0.25, 0.3) is 0 Å². The highest BCUT2D eigenvalue weighted by Gasteiger charge is 2.45. The second kappa shape index (κ2) is 6.09. The van der Waals surface area contributed by atoms with Crippen molar-refractivity contribution in [3.05, 3.63) is 33.8 Å². The van der Waals surface area contributed by atoms with E-state index in [2.05, 4.69) is 5.32 Å². The van der Waals surface area contributed by atoms with E-state index in [-0.39, 0.29) is 17.7 Å². The van der Waals surface area contributed by atoms with Gasteiger partial charge in [0.15, 0.2) is 0 Å². The second-order valence-corrected chi connectivity index (χ2v) is 7.10. The lowest BCUT2D eigenvalue weighted by atomic mass is 10.1. The fraction of sp³-hybridized carbons (Fsp3) is 0.500. The van der Waals surface area contributed by atoms with Crippen LogP contribution < -0.4 is 5.32 Å². The van der Waals surface area contributed by atoms with Gasteiger partial charge in [-0.05, 0) is 48.4 Å². The van der Waals surface area contributed by atoms with Gasteiger partial charge in [-0.25, -0.2) is 4.79 Å². The summed E-state index contributed by atoms with van der Waals surface area (Å²) >= 11 is 12.0. The molecule has 0 heterocycles. The third-order valence-electron chi connectivity index (χ3n) is 4.32. The zero-order chi connectivity index (χ0) is 15.9. The smallest absolute Gasteiger partial charge is 0.326 e. The summed E-state index contributed by atoms with van der Waals surface area (Å²) in [7, 11) is 0. The fourth-order valence-corrected chi connectivity index (χ4v) is 3.37. The first-order valence-electron chi connectivity index (χ1n) is 7.43. The fourth-order valence-electron chi connectivity index (χ4n) is 2.83. The number of carbonyl (C=O) groups excluding carboxylic acids is 1. The van der Waals surface area contributed by atoms with Gasteiger partial charge in [-0.15, -0.1) is 0 Å². The number of halogens is 2. The van der Waals surface area contributed by atoms with E-state index in [0.717, 1.165) is 18.4 Å². The van der Waals surface area contributed by atoms with E-state index in [1.54, 1.807) is 6.07 Å². The topological polar surface area (TPSA) is 66.4 Å². The van der Waals surface area contributed by atoms with Gasteiger partial charge in [0.25, 0.3) is 0 Å². The lowest BCUT2D eigenvalue weighted by molar-refractivity contribution is -0.142. The van der Waals surface area contributed by atoms with Crippen molar-refractivity contribution in [1.29, 1.82) is 0 Å². The number of hydrogen-bond acceptors (Lipinski definition) is 2. The van der Waals surface area contributed by atoms with E-state index >= 15 is 0 Å². The Morgan fingerprint density at radius 1 is 1.23 bits per heavy atom. The molecule has 6 heteroatoms. The van der Waals surface area contributed by atoms with Crippen molar-refractivity contribution >= 4 is 35.1 Å². The molecule has 22 heavy (non-hydrogen) atoms. The number of nitrogens with one attached hydrogen (secondary N) is 1. The van der Waals surface area contributed by atoms with Gasteiger partial charge in [-0.3, -0.25) is 4.79 Å². The molecule has 0 radical (unpaired) electrons. The predicted molar refractivity (Wildman–Crippen MR) is 84.2 cm³/mol. The zero-order valence-corrected chi connectivity index (χ0v) is 13.4. The number of carboxylic acid groups (broad SMARTS) is 1. The minimum atomic E-state index is -0.955. The van der Waals surface area contributed by atoms with Crippen molar-refractivity contribution in [1.82, 2.24) is 5.32 Å². The molecular weight excluding hydrogens is 325 g/mol. The van der Waals surface area contributed by atoms with Gasteiger partial charge in [0, 0.05) is 16.0 Å². The van der Waals surface area contributed by atoms with Crippen molar-refractivity contribution in [2.45, 2.75) is 37.6 Å². The van der Waals surface area contributed by atoms with Crippen LogP contribution in [-0.2, 0) is 9.59 Å². The molecule has 2 N–H and O–H groups in total. The van der Waals surface area contributed by atoms with E-state index in [1.807, 2.05) is 12.1 Å². The quantitative estimate of drug-likeness (QED) is 0.832. The molecule has 4 nitrogen and oxygen atoms in total. The Bertz CT molecular complexity index is 595. The van der Waals surface area contributed by atoms with E-state index in [0.29, 0.717) is 28.8 Å². The standard InChI is InChI=1S/C16H17Cl2NO3/c17-10-4-9(5-11(18)6-10)12-7-13(12)15(20)19-14(16(21)22)3-8-1-2-8/h4-6,8,12-14H,1-3,7H2,(H,19,20)(H,21,22). The molecule has 0 aliphatic heterocycles. The predicted octanol–water partition coefficient (Wildman–Crippen LogP) is 3.47. The third-order valence-corrected chi connectivity index (χ3v) is 4.76. The molecule has 1 aromatic carbocycles. The Kier molecular flexibility index (Phi) is 4.33. The highest BCUT2D eigenvalue weighted by molar-refractivity contribution is 6.34. The molecular formula is C16H17Cl2NO3. The largest absolute Gasteiger partial charge is 0.480 e. The summed E-state index contributed by atoms with van der Waals surface area (Å²) in [5, 5.41) is 13.0. The summed E-state index contributed by atoms with van der Waals surface area (Å²) in [6, 6.07) is 4.50. The molecule has 1 amide bonds. The Morgan fingerprint density at radius 2 is 1.86 bits per heavy atom. The van der Waals surface area contributed by atoms with Crippen molar-refractivity contribution in [2.24, 2.45) is 11.8 Å². The lowest BCUT2D eigenvalue weighted by Gasteiger charge is -2.14. The summed E-state index contributed by atoms with van der Waals surface area (Å²) in [5.41, 5.74) is 0.937. The number of rotatable bonds is 6. The average Bonchev–Trinajstić information content (AvgIpc) is 3.31. The monoisotopic (exact) mass is 341 g/mol. The number of carbonyl (C=O) groups is 2. The summed E-state index contributed by atoms with van der Waals surface area (Å²) in [6.45, 7) is 0. The van der Waals surface area contributed by atoms with Crippen molar-refractivity contribution in [3.63, 3.8) is 0 Å². The Labute approximate surface area is 138 Å². The van der Waals surface area contributed by atoms with Crippen LogP contribution in [0.3, 0.4) is 0 Å². The molecule has 2 fully saturated rings. The molecule has 0 aromatic heterocycles. The van der Waals surface area contributed by atoms with Crippen LogP contribution in [0.2, 0.25) is 10.0 Å². The van der Waals surface area contributed by atoms with Crippen LogP contribution in [0.5, 0.6) is 0 Å². The summed E-state index contributed by atoms with van der Waals surface area (Å²) in [4.78, 5) is 23.5. The van der Waals surface area contributed by atoms with Gasteiger partial charge in [-0.1, -0.05) is 36.0 Å². The van der Waals surface area contributed by atoms with E-state index in [9.17, 15) is 14.7 Å². The molecule has 2 aliphatic carbocycles. The van der Waals surface area contributed by atoms with E-state index in [4.69, 9.17) is 23.2 Å². The third kappa shape index (κ3) is 3.73. The average molecular weight is 342 g/mol. The van der Waals surface area contributed by atoms with Gasteiger partial charge >= 0.3 is 5.97 Å². The number of benzene rings is 1. The summed E-state index contributed by atoms with van der Waals surface area (Å²) in [5.74, 6) is -0.803. The van der Waals surface area contributed by atoms with Crippen LogP contribution in [0.1, 0.15) is 37.2 Å². The molecule has 0 spiro atoms. The summed E-state index contributed by atoms with van der Waals surface area (Å²) < 4.78 is 0. The van der Waals surface area contributed by atoms with Crippen molar-refractivity contribution in [3.8, 4) is 0 Å². The minimum absolute atomic E-state index is 0.0755. The molecule has 3 atom stereocenters. The number of aliphatic carboxylic acids is 1. The van der Waals surface area contributed by atoms with Crippen LogP contribution in [0, 0.1) is 11.8 Å².